The van der Waals surface area contributed by atoms with Gasteiger partial charge in [0.15, 0.2) is 10.3 Å². The van der Waals surface area contributed by atoms with Gasteiger partial charge in [0.25, 0.3) is 0 Å². The van der Waals surface area contributed by atoms with Gasteiger partial charge in [-0.1, -0.05) is 59.1 Å². The zero-order valence-corrected chi connectivity index (χ0v) is 14.2. The minimum Gasteiger partial charge on any atom is -0.137 e. The molecule has 0 aliphatic carbocycles. The zero-order valence-electron chi connectivity index (χ0n) is 9.73. The summed E-state index contributed by atoms with van der Waals surface area (Å²) < 4.78 is 0.880. The fourth-order valence-electron chi connectivity index (χ4n) is 1.99. The van der Waals surface area contributed by atoms with Gasteiger partial charge in [0.2, 0.25) is 0 Å². The van der Waals surface area contributed by atoms with E-state index in [1.54, 1.807) is 0 Å². The van der Waals surface area contributed by atoms with Gasteiger partial charge in [-0.15, -0.1) is 21.8 Å². The van der Waals surface area contributed by atoms with Crippen molar-refractivity contribution in [2.24, 2.45) is 0 Å². The van der Waals surface area contributed by atoms with Gasteiger partial charge in [0.1, 0.15) is 0 Å². The molecule has 0 aromatic carbocycles. The summed E-state index contributed by atoms with van der Waals surface area (Å²) >= 11 is 20.7. The van der Waals surface area contributed by atoms with Crippen molar-refractivity contribution >= 4 is 57.4 Å². The van der Waals surface area contributed by atoms with Crippen molar-refractivity contribution in [1.82, 2.24) is 10.2 Å². The molecule has 1 unspecified atom stereocenters. The maximum absolute atomic E-state index is 6.18. The Balaban J connectivity index is 3.41. The Morgan fingerprint density at radius 3 is 2.29 bits per heavy atom. The largest absolute Gasteiger partial charge is 0.155 e. The number of hydrogen-bond acceptors (Lipinski definition) is 2. The van der Waals surface area contributed by atoms with Gasteiger partial charge in [-0.05, 0) is 18.9 Å². The monoisotopic (exact) mass is 406 g/mol. The Bertz CT molecular complexity index is 395. The number of hydrogen-bond donors (Lipinski definition) is 0. The third-order valence-corrected chi connectivity index (χ3v) is 5.48. The number of nitrogens with zero attached hydrogens (tertiary/aromatic N) is 2. The second-order valence-electron chi connectivity index (χ2n) is 4.08. The average Bonchev–Trinajstić information content (AvgIpc) is 2.33. The lowest BCUT2D eigenvalue weighted by molar-refractivity contribution is 0.489. The fourth-order valence-corrected chi connectivity index (χ4v) is 4.22. The van der Waals surface area contributed by atoms with Crippen LogP contribution in [-0.4, -0.2) is 20.5 Å². The summed E-state index contributed by atoms with van der Waals surface area (Å²) in [5.41, 5.74) is 1.67. The van der Waals surface area contributed by atoms with Crippen LogP contribution in [0.3, 0.4) is 0 Å². The van der Waals surface area contributed by atoms with Crippen LogP contribution in [-0.2, 0) is 5.41 Å². The molecular formula is C11H14Cl3IN2. The van der Waals surface area contributed by atoms with Gasteiger partial charge >= 0.3 is 0 Å². The Kier molecular flexibility index (Phi) is 6.23. The molecule has 1 rings (SSSR count). The molecule has 1 aromatic rings. The van der Waals surface area contributed by atoms with Crippen LogP contribution in [0, 0.1) is 6.92 Å². The Morgan fingerprint density at radius 2 is 1.82 bits per heavy atom. The van der Waals surface area contributed by atoms with Crippen LogP contribution in [0.4, 0.5) is 0 Å². The summed E-state index contributed by atoms with van der Waals surface area (Å²) in [5.74, 6) is 0.506. The second kappa shape index (κ2) is 6.73. The highest BCUT2D eigenvalue weighted by Gasteiger charge is 2.34. The van der Waals surface area contributed by atoms with Crippen molar-refractivity contribution in [2.45, 2.75) is 32.1 Å². The lowest BCUT2D eigenvalue weighted by atomic mass is 9.79. The van der Waals surface area contributed by atoms with Gasteiger partial charge < -0.3 is 0 Å². The summed E-state index contributed by atoms with van der Waals surface area (Å²) in [7, 11) is 0. The van der Waals surface area contributed by atoms with Crippen molar-refractivity contribution in [3.63, 3.8) is 0 Å². The Hall–Kier alpha value is 0.680. The maximum Gasteiger partial charge on any atom is 0.155 e. The molecule has 17 heavy (non-hydrogen) atoms. The molecule has 0 amide bonds. The van der Waals surface area contributed by atoms with E-state index in [-0.39, 0.29) is 5.41 Å². The summed E-state index contributed by atoms with van der Waals surface area (Å²) in [6.07, 6.45) is 1.99. The van der Waals surface area contributed by atoms with Gasteiger partial charge in [-0.25, -0.2) is 0 Å². The maximum atomic E-state index is 6.18. The van der Waals surface area contributed by atoms with E-state index >= 15 is 0 Å². The van der Waals surface area contributed by atoms with Gasteiger partial charge in [-0.3, -0.25) is 0 Å². The number of aromatic nitrogens is 2. The summed E-state index contributed by atoms with van der Waals surface area (Å²) in [6.45, 7) is 4.05. The molecule has 0 spiro atoms. The molecule has 0 aliphatic rings. The molecule has 6 heteroatoms. The van der Waals surface area contributed by atoms with Crippen molar-refractivity contribution < 1.29 is 0 Å². The van der Waals surface area contributed by atoms with E-state index in [1.807, 2.05) is 6.92 Å². The SMILES string of the molecule is CCCC(CCl)(CI)c1c(Cl)nnc(Cl)c1C. The highest BCUT2D eigenvalue weighted by Crippen LogP contribution is 2.39. The minimum absolute atomic E-state index is 0.169. The molecule has 0 aliphatic heterocycles. The Labute approximate surface area is 131 Å². The molecule has 0 saturated carbocycles. The molecule has 1 heterocycles. The lowest BCUT2D eigenvalue weighted by Gasteiger charge is -2.32. The molecule has 0 radical (unpaired) electrons. The number of rotatable bonds is 5. The van der Waals surface area contributed by atoms with Crippen LogP contribution in [0.2, 0.25) is 10.3 Å². The molecule has 96 valence electrons. The van der Waals surface area contributed by atoms with E-state index in [1.165, 1.54) is 0 Å². The molecule has 1 aromatic heterocycles. The number of halogens is 4. The van der Waals surface area contributed by atoms with Crippen LogP contribution in [0.1, 0.15) is 30.9 Å². The van der Waals surface area contributed by atoms with Crippen LogP contribution >= 0.6 is 57.4 Å². The molecule has 0 fully saturated rings. The third kappa shape index (κ3) is 3.17. The molecule has 0 bridgehead atoms. The highest BCUT2D eigenvalue weighted by atomic mass is 127. The third-order valence-electron chi connectivity index (χ3n) is 2.89. The summed E-state index contributed by atoms with van der Waals surface area (Å²) in [6, 6.07) is 0. The average molecular weight is 408 g/mol. The lowest BCUT2D eigenvalue weighted by Crippen LogP contribution is -2.32. The van der Waals surface area contributed by atoms with Crippen molar-refractivity contribution in [1.29, 1.82) is 0 Å². The topological polar surface area (TPSA) is 25.8 Å². The normalized spacial score (nSPS) is 14.7. The first-order valence-electron chi connectivity index (χ1n) is 5.33. The first-order chi connectivity index (χ1) is 8.02. The molecule has 0 N–H and O–H groups in total. The van der Waals surface area contributed by atoms with E-state index in [2.05, 4.69) is 39.7 Å². The van der Waals surface area contributed by atoms with Crippen LogP contribution in [0.15, 0.2) is 0 Å². The minimum atomic E-state index is -0.169. The van der Waals surface area contributed by atoms with E-state index in [4.69, 9.17) is 34.8 Å². The van der Waals surface area contributed by atoms with E-state index in [0.29, 0.717) is 16.2 Å². The van der Waals surface area contributed by atoms with Crippen LogP contribution in [0.25, 0.3) is 0 Å². The summed E-state index contributed by atoms with van der Waals surface area (Å²) in [4.78, 5) is 0. The van der Waals surface area contributed by atoms with Gasteiger partial charge in [0, 0.05) is 21.3 Å². The standard InChI is InChI=1S/C11H14Cl3IN2/c1-3-4-11(5-12,6-15)8-7(2)9(13)16-17-10(8)14/h3-6H2,1-2H3. The van der Waals surface area contributed by atoms with Crippen LogP contribution < -0.4 is 0 Å². The van der Waals surface area contributed by atoms with Crippen molar-refractivity contribution in [3.8, 4) is 0 Å². The highest BCUT2D eigenvalue weighted by molar-refractivity contribution is 14.1. The first-order valence-corrected chi connectivity index (χ1v) is 8.14. The quantitative estimate of drug-likeness (QED) is 0.517. The van der Waals surface area contributed by atoms with Crippen molar-refractivity contribution in [2.75, 3.05) is 10.3 Å². The van der Waals surface area contributed by atoms with E-state index < -0.39 is 0 Å². The van der Waals surface area contributed by atoms with Crippen LogP contribution in [0.5, 0.6) is 0 Å². The van der Waals surface area contributed by atoms with Gasteiger partial charge in [0.05, 0.1) is 0 Å². The summed E-state index contributed by atoms with van der Waals surface area (Å²) in [5, 5.41) is 8.54. The molecule has 2 nitrogen and oxygen atoms in total. The predicted octanol–water partition coefficient (Wildman–Crippen LogP) is 4.80. The number of alkyl halides is 2. The second-order valence-corrected chi connectivity index (χ2v) is 5.83. The van der Waals surface area contributed by atoms with E-state index in [9.17, 15) is 0 Å². The predicted molar refractivity (Wildman–Crippen MR) is 83.0 cm³/mol. The van der Waals surface area contributed by atoms with Crippen molar-refractivity contribution in [3.05, 3.63) is 21.4 Å². The van der Waals surface area contributed by atoms with E-state index in [0.717, 1.165) is 28.4 Å². The zero-order chi connectivity index (χ0) is 13.1. The molecule has 1 atom stereocenters. The molecular weight excluding hydrogens is 393 g/mol. The first kappa shape index (κ1) is 15.7. The smallest absolute Gasteiger partial charge is 0.137 e. The van der Waals surface area contributed by atoms with Gasteiger partial charge in [-0.2, -0.15) is 0 Å². The Morgan fingerprint density at radius 1 is 1.24 bits per heavy atom. The molecule has 0 saturated heterocycles. The fraction of sp³-hybridized carbons (Fsp3) is 0.636.